The van der Waals surface area contributed by atoms with E-state index in [1.807, 2.05) is 54.6 Å². The molecule has 0 fully saturated rings. The third kappa shape index (κ3) is 4.76. The van der Waals surface area contributed by atoms with Crippen LogP contribution in [0.1, 0.15) is 27.0 Å². The Bertz CT molecular complexity index is 1090. The second-order valence-corrected chi connectivity index (χ2v) is 7.05. The van der Waals surface area contributed by atoms with Gasteiger partial charge in [0.25, 0.3) is 5.91 Å². The van der Waals surface area contributed by atoms with Crippen LogP contribution in [0.3, 0.4) is 0 Å². The quantitative estimate of drug-likeness (QED) is 0.537. The molecule has 0 aliphatic heterocycles. The molecule has 0 atom stereocenters. The van der Waals surface area contributed by atoms with E-state index in [0.29, 0.717) is 39.6 Å². The molecule has 1 N–H and O–H groups in total. The van der Waals surface area contributed by atoms with E-state index in [0.717, 1.165) is 5.56 Å². The minimum absolute atomic E-state index is 0.164. The molecule has 166 valence electrons. The number of benzene rings is 3. The van der Waals surface area contributed by atoms with Crippen molar-refractivity contribution in [3.8, 4) is 17.2 Å². The fourth-order valence-electron chi connectivity index (χ4n) is 3.48. The molecule has 0 aromatic heterocycles. The molecule has 3 aromatic carbocycles. The van der Waals surface area contributed by atoms with Crippen LogP contribution in [0.4, 0.5) is 0 Å². The van der Waals surface area contributed by atoms with Gasteiger partial charge in [0.05, 0.1) is 40.0 Å². The summed E-state index contributed by atoms with van der Waals surface area (Å²) in [6.07, 6.45) is 0. The minimum atomic E-state index is -0.315. The Morgan fingerprint density at radius 2 is 1.44 bits per heavy atom. The van der Waals surface area contributed by atoms with Crippen molar-refractivity contribution < 1.29 is 24.1 Å². The maximum Gasteiger partial charge on any atom is 0.262 e. The van der Waals surface area contributed by atoms with Crippen LogP contribution in [0.5, 0.6) is 17.2 Å². The monoisotopic (exact) mass is 433 g/mol. The second kappa shape index (κ2) is 10.5. The van der Waals surface area contributed by atoms with Crippen molar-refractivity contribution in [3.63, 3.8) is 0 Å². The summed E-state index contributed by atoms with van der Waals surface area (Å²) in [6, 6.07) is 20.2. The fraction of sp³-hybridized carbons (Fsp3) is 0.192. The maximum absolute atomic E-state index is 13.8. The molecule has 0 bridgehead atoms. The third-order valence-corrected chi connectivity index (χ3v) is 5.19. The summed E-state index contributed by atoms with van der Waals surface area (Å²) in [5.74, 6) is 0.913. The number of aliphatic hydroxyl groups is 1. The molecule has 3 aromatic rings. The molecule has 0 saturated heterocycles. The lowest BCUT2D eigenvalue weighted by atomic mass is 10.0. The van der Waals surface area contributed by atoms with E-state index in [2.05, 4.69) is 6.58 Å². The molecule has 6 nitrogen and oxygen atoms in total. The van der Waals surface area contributed by atoms with Gasteiger partial charge in [0.2, 0.25) is 0 Å². The van der Waals surface area contributed by atoms with Gasteiger partial charge in [0.15, 0.2) is 11.5 Å². The Labute approximate surface area is 188 Å². The predicted molar refractivity (Wildman–Crippen MR) is 124 cm³/mol. The number of rotatable bonds is 9. The number of hydrogen-bond donors (Lipinski definition) is 1. The minimum Gasteiger partial charge on any atom is -0.496 e. The average Bonchev–Trinajstić information content (AvgIpc) is 2.86. The number of amides is 1. The first-order chi connectivity index (χ1) is 15.5. The molecule has 0 spiro atoms. The summed E-state index contributed by atoms with van der Waals surface area (Å²) >= 11 is 0. The molecule has 0 aliphatic carbocycles. The highest BCUT2D eigenvalue weighted by molar-refractivity contribution is 6.02. The van der Waals surface area contributed by atoms with Gasteiger partial charge in [-0.2, -0.15) is 0 Å². The molecule has 32 heavy (non-hydrogen) atoms. The maximum atomic E-state index is 13.8. The number of nitrogens with zero attached hydrogens (tertiary/aromatic N) is 1. The van der Waals surface area contributed by atoms with Crippen LogP contribution in [0.2, 0.25) is 0 Å². The molecular weight excluding hydrogens is 406 g/mol. The molecule has 0 radical (unpaired) electrons. The van der Waals surface area contributed by atoms with Gasteiger partial charge in [-0.15, -0.1) is 0 Å². The number of hydrogen-bond acceptors (Lipinski definition) is 5. The van der Waals surface area contributed by atoms with Crippen molar-refractivity contribution in [1.82, 2.24) is 4.90 Å². The topological polar surface area (TPSA) is 68.2 Å². The lowest BCUT2D eigenvalue weighted by Gasteiger charge is -2.27. The second-order valence-electron chi connectivity index (χ2n) is 7.05. The van der Waals surface area contributed by atoms with Gasteiger partial charge in [-0.25, -0.2) is 0 Å². The highest BCUT2D eigenvalue weighted by atomic mass is 16.5. The van der Waals surface area contributed by atoms with Gasteiger partial charge >= 0.3 is 0 Å². The zero-order valence-corrected chi connectivity index (χ0v) is 18.5. The SMILES string of the molecule is C=C(c1ccccc1CO)N(Cc1ccccc1)C(=O)c1cc(OC)c(OC)cc1OC. The number of ether oxygens (including phenoxy) is 3. The highest BCUT2D eigenvalue weighted by Gasteiger charge is 2.26. The van der Waals surface area contributed by atoms with Crippen LogP contribution in [0.25, 0.3) is 5.70 Å². The lowest BCUT2D eigenvalue weighted by molar-refractivity contribution is 0.0824. The number of aliphatic hydroxyl groups excluding tert-OH is 1. The van der Waals surface area contributed by atoms with E-state index >= 15 is 0 Å². The van der Waals surface area contributed by atoms with Crippen LogP contribution in [-0.4, -0.2) is 37.2 Å². The molecule has 0 heterocycles. The first kappa shape index (κ1) is 22.9. The largest absolute Gasteiger partial charge is 0.496 e. The highest BCUT2D eigenvalue weighted by Crippen LogP contribution is 2.36. The Kier molecular flexibility index (Phi) is 7.52. The van der Waals surface area contributed by atoms with Gasteiger partial charge < -0.3 is 24.2 Å². The fourth-order valence-corrected chi connectivity index (χ4v) is 3.48. The first-order valence-electron chi connectivity index (χ1n) is 10.1. The van der Waals surface area contributed by atoms with Crippen molar-refractivity contribution in [2.24, 2.45) is 0 Å². The van der Waals surface area contributed by atoms with E-state index in [4.69, 9.17) is 14.2 Å². The van der Waals surface area contributed by atoms with Crippen LogP contribution >= 0.6 is 0 Å². The van der Waals surface area contributed by atoms with Crippen LogP contribution in [0.15, 0.2) is 73.3 Å². The predicted octanol–water partition coefficient (Wildman–Crippen LogP) is 4.52. The number of methoxy groups -OCH3 is 3. The summed E-state index contributed by atoms with van der Waals surface area (Å²) in [5, 5.41) is 9.81. The summed E-state index contributed by atoms with van der Waals surface area (Å²) in [5.41, 5.74) is 3.09. The first-order valence-corrected chi connectivity index (χ1v) is 10.1. The normalized spacial score (nSPS) is 10.4. The Hall–Kier alpha value is -3.77. The average molecular weight is 434 g/mol. The van der Waals surface area contributed by atoms with E-state index < -0.39 is 0 Å². The molecule has 3 rings (SSSR count). The van der Waals surface area contributed by atoms with E-state index in [1.165, 1.54) is 21.3 Å². The van der Waals surface area contributed by atoms with E-state index in [1.54, 1.807) is 17.0 Å². The smallest absolute Gasteiger partial charge is 0.262 e. The van der Waals surface area contributed by atoms with E-state index in [-0.39, 0.29) is 19.1 Å². The Morgan fingerprint density at radius 3 is 2.06 bits per heavy atom. The van der Waals surface area contributed by atoms with Gasteiger partial charge in [0, 0.05) is 23.4 Å². The Morgan fingerprint density at radius 1 is 0.844 bits per heavy atom. The van der Waals surface area contributed by atoms with Crippen LogP contribution < -0.4 is 14.2 Å². The van der Waals surface area contributed by atoms with Gasteiger partial charge in [-0.1, -0.05) is 61.2 Å². The van der Waals surface area contributed by atoms with Crippen molar-refractivity contribution >= 4 is 11.6 Å². The van der Waals surface area contributed by atoms with Gasteiger partial charge in [-0.3, -0.25) is 4.79 Å². The van der Waals surface area contributed by atoms with Gasteiger partial charge in [-0.05, 0) is 11.1 Å². The van der Waals surface area contributed by atoms with Crippen molar-refractivity contribution in [2.75, 3.05) is 21.3 Å². The van der Waals surface area contributed by atoms with Crippen molar-refractivity contribution in [3.05, 3.63) is 95.6 Å². The van der Waals surface area contributed by atoms with Crippen LogP contribution in [0, 0.1) is 0 Å². The third-order valence-electron chi connectivity index (χ3n) is 5.19. The van der Waals surface area contributed by atoms with E-state index in [9.17, 15) is 9.90 Å². The molecule has 0 unspecified atom stereocenters. The molecular formula is C26H27NO5. The molecule has 1 amide bonds. The zero-order chi connectivity index (χ0) is 23.1. The summed E-state index contributed by atoms with van der Waals surface area (Å²) in [4.78, 5) is 15.4. The summed E-state index contributed by atoms with van der Waals surface area (Å²) < 4.78 is 16.2. The van der Waals surface area contributed by atoms with Crippen molar-refractivity contribution in [2.45, 2.75) is 13.2 Å². The van der Waals surface area contributed by atoms with Gasteiger partial charge in [0.1, 0.15) is 5.75 Å². The number of carbonyl (C=O) groups excluding carboxylic acids is 1. The molecule has 6 heteroatoms. The lowest BCUT2D eigenvalue weighted by Crippen LogP contribution is -2.29. The summed E-state index contributed by atoms with van der Waals surface area (Å²) in [7, 11) is 4.53. The summed E-state index contributed by atoms with van der Waals surface area (Å²) in [6.45, 7) is 4.33. The van der Waals surface area contributed by atoms with Crippen molar-refractivity contribution in [1.29, 1.82) is 0 Å². The van der Waals surface area contributed by atoms with Crippen LogP contribution in [-0.2, 0) is 13.2 Å². The molecule has 0 saturated carbocycles. The zero-order valence-electron chi connectivity index (χ0n) is 18.5. The Balaban J connectivity index is 2.11. The standard InChI is InChI=1S/C26H27NO5/c1-18(21-13-9-8-12-20(21)17-28)27(16-19-10-6-5-7-11-19)26(29)22-14-24(31-3)25(32-4)15-23(22)30-2/h5-15,28H,1,16-17H2,2-4H3. The molecule has 0 aliphatic rings. The number of carbonyl (C=O) groups is 1.